The van der Waals surface area contributed by atoms with Gasteiger partial charge in [0.1, 0.15) is 0 Å². The van der Waals surface area contributed by atoms with Gasteiger partial charge in [0.15, 0.2) is 0 Å². The third kappa shape index (κ3) is 8.82. The molecule has 0 aliphatic carbocycles. The predicted octanol–water partition coefficient (Wildman–Crippen LogP) is -4.20. The second kappa shape index (κ2) is 3.79. The number of hydrogen-bond donors (Lipinski definition) is 0. The Morgan fingerprint density at radius 3 is 1.00 bits per heavy atom. The predicted molar refractivity (Wildman–Crippen MR) is 37.0 cm³/mol. The van der Waals surface area contributed by atoms with Crippen LogP contribution in [-0.4, -0.2) is 66.5 Å². The fourth-order valence-electron chi connectivity index (χ4n) is 0. The van der Waals surface area contributed by atoms with Crippen molar-refractivity contribution in [2.24, 2.45) is 0 Å². The van der Waals surface area contributed by atoms with Crippen LogP contribution in [0.4, 0.5) is 0 Å². The number of hydrogen-bond acceptors (Lipinski definition) is 0. The van der Waals surface area contributed by atoms with Crippen LogP contribution in [0.1, 0.15) is 0 Å². The molecule has 0 unspecified atom stereocenters. The Kier molecular flexibility index (Phi) is 6.27. The van der Waals surface area contributed by atoms with Crippen LogP contribution in [0.5, 0.6) is 0 Å². The van der Waals surface area contributed by atoms with Gasteiger partial charge >= 0.3 is 66.5 Å². The molecule has 0 aliphatic rings. The van der Waals surface area contributed by atoms with E-state index < -0.39 is 0 Å². The van der Waals surface area contributed by atoms with E-state index in [4.69, 9.17) is 0 Å². The summed E-state index contributed by atoms with van der Waals surface area (Å²) in [6.45, 7) is 0. The fraction of sp³-hybridized carbons (Fsp3) is 0. The molecule has 0 radical (unpaired) electrons. The van der Waals surface area contributed by atoms with E-state index in [1.54, 1.807) is 0 Å². The second-order valence-corrected chi connectivity index (χ2v) is 234. The third-order valence-corrected chi connectivity index (χ3v) is 0. The van der Waals surface area contributed by atoms with Gasteiger partial charge in [0.05, 0.1) is 0 Å². The molecule has 0 aliphatic heterocycles. The molecule has 0 aromatic carbocycles. The molecule has 0 heterocycles. The van der Waals surface area contributed by atoms with Crippen molar-refractivity contribution in [2.45, 2.75) is 0 Å². The molecule has 0 rings (SSSR count). The van der Waals surface area contributed by atoms with E-state index in [-0.39, 0.29) is 0 Å². The van der Waals surface area contributed by atoms with Crippen LogP contribution in [0.3, 0.4) is 0 Å². The zero-order valence-corrected chi connectivity index (χ0v) is 21.9. The van der Waals surface area contributed by atoms with E-state index in [1.807, 2.05) is 0 Å². The van der Waals surface area contributed by atoms with Crippen molar-refractivity contribution < 1.29 is 0 Å². The summed E-state index contributed by atoms with van der Waals surface area (Å²) in [6.07, 6.45) is 0. The molecule has 0 spiro atoms. The van der Waals surface area contributed by atoms with Crippen molar-refractivity contribution >= 4 is 66.5 Å². The Bertz CT molecular complexity index is 8.00. The molecule has 0 amide bonds. The summed E-state index contributed by atoms with van der Waals surface area (Å²) in [6, 6.07) is 0. The first-order valence-electron chi connectivity index (χ1n) is 1.73. The topological polar surface area (TPSA) is 0 Å². The molecular formula is H10SiSn3. The van der Waals surface area contributed by atoms with Gasteiger partial charge in [-0.2, -0.15) is 0 Å². The maximum absolute atomic E-state index is 1.26. The number of rotatable bonds is 0. The Hall–Kier alpha value is 2.61. The van der Waals surface area contributed by atoms with Crippen LogP contribution < -0.4 is 0 Å². The normalized spacial score (nSPS) is 18.0. The molecule has 0 N–H and O–H groups in total. The zero-order valence-electron chi connectivity index (χ0n) is 3.58. The van der Waals surface area contributed by atoms with Crippen molar-refractivity contribution in [3.63, 3.8) is 0 Å². The Morgan fingerprint density at radius 1 is 1.00 bits per heavy atom. The van der Waals surface area contributed by atoms with Gasteiger partial charge in [-0.25, -0.2) is 0 Å². The molecule has 0 aromatic rings. The van der Waals surface area contributed by atoms with Crippen LogP contribution in [-0.2, 0) is 0 Å². The van der Waals surface area contributed by atoms with E-state index >= 15 is 0 Å². The Morgan fingerprint density at radius 2 is 1.00 bits per heavy atom. The van der Waals surface area contributed by atoms with Crippen molar-refractivity contribution in [1.82, 2.24) is 0 Å². The van der Waals surface area contributed by atoms with Crippen molar-refractivity contribution in [3.8, 4) is 0 Å². The third-order valence-electron chi connectivity index (χ3n) is 0. The van der Waals surface area contributed by atoms with E-state index in [0.29, 0.717) is 1.32 Å². The molecule has 0 nitrogen and oxygen atoms in total. The first-order chi connectivity index (χ1) is 1.73. The minimum atomic E-state index is 0.491. The summed E-state index contributed by atoms with van der Waals surface area (Å²) in [7, 11) is 0. The summed E-state index contributed by atoms with van der Waals surface area (Å²) >= 11 is 3.77. The molecule has 26 valence electrons. The van der Waals surface area contributed by atoms with Gasteiger partial charge < -0.3 is 0 Å². The van der Waals surface area contributed by atoms with Crippen LogP contribution in [0.15, 0.2) is 0 Å². The van der Waals surface area contributed by atoms with Gasteiger partial charge in [-0.1, -0.05) is 0 Å². The van der Waals surface area contributed by atoms with Gasteiger partial charge in [-0.15, -0.1) is 0 Å². The standard InChI is InChI=1S/HSi.3Sn.9H/h1H;;;;;;;;;;;;. The Labute approximate surface area is 65.2 Å². The summed E-state index contributed by atoms with van der Waals surface area (Å²) in [5.41, 5.74) is 0. The van der Waals surface area contributed by atoms with Gasteiger partial charge in [-0.05, 0) is 0 Å². The van der Waals surface area contributed by atoms with E-state index in [0.717, 1.165) is 0 Å². The first kappa shape index (κ1) is 6.61. The van der Waals surface area contributed by atoms with Crippen molar-refractivity contribution in [1.29, 1.82) is 0 Å². The van der Waals surface area contributed by atoms with Crippen LogP contribution in [0.2, 0.25) is 0 Å². The van der Waals surface area contributed by atoms with Gasteiger partial charge in [0, 0.05) is 0 Å². The van der Waals surface area contributed by atoms with Crippen LogP contribution in [0, 0.1) is 0 Å². The van der Waals surface area contributed by atoms with Gasteiger partial charge in [0.25, 0.3) is 0 Å². The molecule has 4 heavy (non-hydrogen) atoms. The van der Waals surface area contributed by atoms with E-state index in [9.17, 15) is 0 Å². The molecular weight excluding hydrogens is 384 g/mol. The van der Waals surface area contributed by atoms with Crippen molar-refractivity contribution in [2.75, 3.05) is 0 Å². The molecule has 0 saturated carbocycles. The summed E-state index contributed by atoms with van der Waals surface area (Å²) in [5.74, 6) is 0. The second-order valence-electron chi connectivity index (χ2n) is 1.73. The monoisotopic (exact) mass is 398 g/mol. The maximum atomic E-state index is 1.26. The quantitative estimate of drug-likeness (QED) is 0.366. The minimum absolute atomic E-state index is 0.491. The SMILES string of the molecule is [SnH3][SiH]([SnH3])[SnH3]. The summed E-state index contributed by atoms with van der Waals surface area (Å²) < 4.78 is 0.491. The summed E-state index contributed by atoms with van der Waals surface area (Å²) in [5, 5.41) is 0. The average molecular weight is 394 g/mol. The van der Waals surface area contributed by atoms with Gasteiger partial charge in [-0.3, -0.25) is 0 Å². The fourth-order valence-corrected chi connectivity index (χ4v) is 0. The zero-order chi connectivity index (χ0) is 3.58. The van der Waals surface area contributed by atoms with Crippen LogP contribution in [0.25, 0.3) is 0 Å². The molecule has 0 bridgehead atoms. The van der Waals surface area contributed by atoms with Gasteiger partial charge in [0.2, 0.25) is 0 Å². The molecule has 0 fully saturated rings. The molecule has 4 heteroatoms. The van der Waals surface area contributed by atoms with E-state index in [1.165, 1.54) is 65.2 Å². The molecule has 0 atom stereocenters. The van der Waals surface area contributed by atoms with E-state index in [2.05, 4.69) is 0 Å². The van der Waals surface area contributed by atoms with Crippen LogP contribution >= 0.6 is 0 Å². The van der Waals surface area contributed by atoms with Crippen molar-refractivity contribution in [3.05, 3.63) is 0 Å². The molecule has 0 aromatic heterocycles. The summed E-state index contributed by atoms with van der Waals surface area (Å²) in [4.78, 5) is 0. The Balaban J connectivity index is 2.32. The molecule has 0 saturated heterocycles. The average Bonchev–Trinajstić information content (AvgIpc) is 0.811. The first-order valence-corrected chi connectivity index (χ1v) is 34.9.